The maximum atomic E-state index is 12.4. The van der Waals surface area contributed by atoms with Crippen molar-refractivity contribution >= 4 is 5.91 Å². The van der Waals surface area contributed by atoms with Crippen molar-refractivity contribution in [3.8, 4) is 0 Å². The number of carbonyl (C=O) groups excluding carboxylic acids is 1. The number of hydrogen-bond acceptors (Lipinski definition) is 3. The molecule has 120 valence electrons. The Bertz CT molecular complexity index is 532. The molecule has 4 heteroatoms. The summed E-state index contributed by atoms with van der Waals surface area (Å²) in [7, 11) is 1.73. The molecule has 1 saturated heterocycles. The van der Waals surface area contributed by atoms with Gasteiger partial charge in [0.25, 0.3) is 0 Å². The predicted molar refractivity (Wildman–Crippen MR) is 86.9 cm³/mol. The normalized spacial score (nSPS) is 27.8. The molecular weight excluding hydrogens is 276 g/mol. The van der Waals surface area contributed by atoms with Gasteiger partial charge in [-0.3, -0.25) is 9.69 Å². The molecule has 1 N–H and O–H groups in total. The van der Waals surface area contributed by atoms with Crippen molar-refractivity contribution in [2.24, 2.45) is 5.92 Å². The number of rotatable bonds is 6. The highest BCUT2D eigenvalue weighted by molar-refractivity contribution is 5.83. The highest BCUT2D eigenvalue weighted by atomic mass is 16.5. The maximum absolute atomic E-state index is 12.4. The van der Waals surface area contributed by atoms with Gasteiger partial charge in [0.1, 0.15) is 0 Å². The molecule has 1 aromatic rings. The third kappa shape index (κ3) is 3.50. The molecule has 2 aliphatic rings. The summed E-state index contributed by atoms with van der Waals surface area (Å²) in [6, 6.07) is 8.73. The molecule has 1 saturated carbocycles. The highest BCUT2D eigenvalue weighted by Crippen LogP contribution is 2.48. The number of nitrogens with zero attached hydrogens (tertiary/aromatic N) is 1. The number of methoxy groups -OCH3 is 1. The van der Waals surface area contributed by atoms with E-state index in [-0.39, 0.29) is 11.8 Å². The van der Waals surface area contributed by atoms with E-state index in [4.69, 9.17) is 4.74 Å². The molecule has 3 unspecified atom stereocenters. The van der Waals surface area contributed by atoms with Crippen LogP contribution >= 0.6 is 0 Å². The van der Waals surface area contributed by atoms with Gasteiger partial charge in [-0.2, -0.15) is 0 Å². The van der Waals surface area contributed by atoms with E-state index in [9.17, 15) is 4.79 Å². The maximum Gasteiger partial charge on any atom is 0.224 e. The lowest BCUT2D eigenvalue weighted by Gasteiger charge is -2.16. The average Bonchev–Trinajstić information content (AvgIpc) is 3.19. The van der Waals surface area contributed by atoms with Crippen molar-refractivity contribution < 1.29 is 9.53 Å². The number of carbonyl (C=O) groups is 1. The van der Waals surface area contributed by atoms with Crippen LogP contribution in [-0.4, -0.2) is 50.2 Å². The number of likely N-dealkylation sites (tertiary alicyclic amines) is 1. The summed E-state index contributed by atoms with van der Waals surface area (Å²) in [5, 5.41) is 3.24. The summed E-state index contributed by atoms with van der Waals surface area (Å²) >= 11 is 0. The molecule has 1 heterocycles. The van der Waals surface area contributed by atoms with Gasteiger partial charge >= 0.3 is 0 Å². The number of ether oxygens (including phenoxy) is 1. The Hall–Kier alpha value is -1.39. The Balaban J connectivity index is 1.47. The minimum absolute atomic E-state index is 0.175. The fourth-order valence-corrected chi connectivity index (χ4v) is 3.51. The van der Waals surface area contributed by atoms with Crippen molar-refractivity contribution in [2.45, 2.75) is 31.7 Å². The lowest BCUT2D eigenvalue weighted by molar-refractivity contribution is -0.123. The van der Waals surface area contributed by atoms with Crippen LogP contribution in [0.4, 0.5) is 0 Å². The minimum Gasteiger partial charge on any atom is -0.383 e. The van der Waals surface area contributed by atoms with E-state index in [1.807, 2.05) is 0 Å². The number of nitrogens with one attached hydrogen (secondary N) is 1. The average molecular weight is 302 g/mol. The van der Waals surface area contributed by atoms with Gasteiger partial charge < -0.3 is 10.1 Å². The van der Waals surface area contributed by atoms with Gasteiger partial charge in [0.2, 0.25) is 5.91 Å². The van der Waals surface area contributed by atoms with Crippen molar-refractivity contribution in [2.75, 3.05) is 33.4 Å². The van der Waals surface area contributed by atoms with E-state index in [1.54, 1.807) is 7.11 Å². The number of amides is 1. The largest absolute Gasteiger partial charge is 0.383 e. The van der Waals surface area contributed by atoms with E-state index < -0.39 is 0 Å². The molecule has 0 bridgehead atoms. The third-order valence-corrected chi connectivity index (χ3v) is 4.95. The number of aryl methyl sites for hydroxylation is 1. The van der Waals surface area contributed by atoms with Crippen molar-refractivity contribution in [1.82, 2.24) is 10.2 Å². The molecule has 22 heavy (non-hydrogen) atoms. The van der Waals surface area contributed by atoms with E-state index in [2.05, 4.69) is 41.4 Å². The van der Waals surface area contributed by atoms with E-state index >= 15 is 0 Å². The van der Waals surface area contributed by atoms with Crippen LogP contribution in [0.2, 0.25) is 0 Å². The molecule has 1 amide bonds. The third-order valence-electron chi connectivity index (χ3n) is 4.95. The quantitative estimate of drug-likeness (QED) is 0.873. The molecule has 1 aromatic carbocycles. The Morgan fingerprint density at radius 3 is 3.00 bits per heavy atom. The fraction of sp³-hybridized carbons (Fsp3) is 0.611. The van der Waals surface area contributed by atoms with E-state index in [0.29, 0.717) is 12.0 Å². The molecule has 3 atom stereocenters. The molecule has 0 spiro atoms. The molecule has 0 radical (unpaired) electrons. The van der Waals surface area contributed by atoms with Gasteiger partial charge in [-0.1, -0.05) is 24.3 Å². The summed E-state index contributed by atoms with van der Waals surface area (Å²) < 4.78 is 5.11. The second-order valence-corrected chi connectivity index (χ2v) is 6.59. The first-order valence-electron chi connectivity index (χ1n) is 8.26. The zero-order chi connectivity index (χ0) is 15.5. The van der Waals surface area contributed by atoms with Gasteiger partial charge in [0.05, 0.1) is 6.61 Å². The predicted octanol–water partition coefficient (Wildman–Crippen LogP) is 1.94. The summed E-state index contributed by atoms with van der Waals surface area (Å²) in [4.78, 5) is 14.8. The molecule has 4 nitrogen and oxygen atoms in total. The lowest BCUT2D eigenvalue weighted by Crippen LogP contribution is -2.38. The van der Waals surface area contributed by atoms with Crippen LogP contribution in [0.15, 0.2) is 24.3 Å². The van der Waals surface area contributed by atoms with Gasteiger partial charge in [-0.25, -0.2) is 0 Å². The zero-order valence-electron chi connectivity index (χ0n) is 13.5. The first-order valence-corrected chi connectivity index (χ1v) is 8.26. The van der Waals surface area contributed by atoms with Gasteiger partial charge in [-0.15, -0.1) is 0 Å². The van der Waals surface area contributed by atoms with Crippen LogP contribution in [0, 0.1) is 12.8 Å². The summed E-state index contributed by atoms with van der Waals surface area (Å²) in [5.74, 6) is 0.841. The van der Waals surface area contributed by atoms with Crippen LogP contribution in [0.3, 0.4) is 0 Å². The molecule has 0 aromatic heterocycles. The standard InChI is InChI=1S/C18H26N2O2/c1-13-5-3-4-6-15(13)16-11-17(16)18(21)19-14-7-8-20(12-14)9-10-22-2/h3-6,14,16-17H,7-12H2,1-2H3,(H,19,21). The molecule has 1 aliphatic heterocycles. The highest BCUT2D eigenvalue weighted by Gasteiger charge is 2.45. The zero-order valence-corrected chi connectivity index (χ0v) is 13.5. The number of benzene rings is 1. The lowest BCUT2D eigenvalue weighted by atomic mass is 10.0. The smallest absolute Gasteiger partial charge is 0.224 e. The Kier molecular flexibility index (Phi) is 4.79. The van der Waals surface area contributed by atoms with Gasteiger partial charge in [-0.05, 0) is 36.8 Å². The Morgan fingerprint density at radius 2 is 2.23 bits per heavy atom. The molecular formula is C18H26N2O2. The SMILES string of the molecule is COCCN1CCC(NC(=O)C2CC2c2ccccc2C)C1. The van der Waals surface area contributed by atoms with Crippen molar-refractivity contribution in [1.29, 1.82) is 0 Å². The van der Waals surface area contributed by atoms with Crippen LogP contribution in [-0.2, 0) is 9.53 Å². The minimum atomic E-state index is 0.175. The Labute approximate surface area is 132 Å². The molecule has 2 fully saturated rings. The second kappa shape index (κ2) is 6.80. The summed E-state index contributed by atoms with van der Waals surface area (Å²) in [5.41, 5.74) is 2.64. The Morgan fingerprint density at radius 1 is 1.41 bits per heavy atom. The number of hydrogen-bond donors (Lipinski definition) is 1. The summed E-state index contributed by atoms with van der Waals surface area (Å²) in [6.45, 7) is 5.86. The van der Waals surface area contributed by atoms with Crippen LogP contribution in [0.5, 0.6) is 0 Å². The van der Waals surface area contributed by atoms with Gasteiger partial charge in [0.15, 0.2) is 0 Å². The first-order chi connectivity index (χ1) is 10.7. The second-order valence-electron chi connectivity index (χ2n) is 6.59. The topological polar surface area (TPSA) is 41.6 Å². The summed E-state index contributed by atoms with van der Waals surface area (Å²) in [6.07, 6.45) is 2.05. The van der Waals surface area contributed by atoms with Crippen molar-refractivity contribution in [3.05, 3.63) is 35.4 Å². The van der Waals surface area contributed by atoms with Crippen molar-refractivity contribution in [3.63, 3.8) is 0 Å². The van der Waals surface area contributed by atoms with Gasteiger partial charge in [0, 0.05) is 38.7 Å². The van der Waals surface area contributed by atoms with Crippen LogP contribution < -0.4 is 5.32 Å². The fourth-order valence-electron chi connectivity index (χ4n) is 3.51. The van der Waals surface area contributed by atoms with Crippen LogP contribution in [0.1, 0.15) is 29.9 Å². The molecule has 1 aliphatic carbocycles. The van der Waals surface area contributed by atoms with Crippen LogP contribution in [0.25, 0.3) is 0 Å². The molecule has 3 rings (SSSR count). The monoisotopic (exact) mass is 302 g/mol. The first kappa shape index (κ1) is 15.5. The van der Waals surface area contributed by atoms with E-state index in [1.165, 1.54) is 11.1 Å². The van der Waals surface area contributed by atoms with E-state index in [0.717, 1.165) is 39.1 Å².